The van der Waals surface area contributed by atoms with Crippen LogP contribution in [0.5, 0.6) is 0 Å². The van der Waals surface area contributed by atoms with Gasteiger partial charge in [0.1, 0.15) is 15.9 Å². The van der Waals surface area contributed by atoms with E-state index in [-0.39, 0.29) is 24.1 Å². The highest BCUT2D eigenvalue weighted by Gasteiger charge is 2.34. The Morgan fingerprint density at radius 3 is 2.68 bits per heavy atom. The molecule has 7 nitrogen and oxygen atoms in total. The van der Waals surface area contributed by atoms with Gasteiger partial charge in [-0.25, -0.2) is 9.78 Å². The van der Waals surface area contributed by atoms with Gasteiger partial charge in [-0.1, -0.05) is 6.07 Å². The third kappa shape index (κ3) is 5.67. The molecule has 1 N–H and O–H groups in total. The van der Waals surface area contributed by atoms with Crippen LogP contribution in [0.3, 0.4) is 0 Å². The van der Waals surface area contributed by atoms with Crippen molar-refractivity contribution in [2.75, 3.05) is 20.2 Å². The Labute approximate surface area is 156 Å². The number of ether oxygens (including phenoxy) is 2. The van der Waals surface area contributed by atoms with E-state index in [1.165, 1.54) is 0 Å². The van der Waals surface area contributed by atoms with E-state index < -0.39 is 5.60 Å². The average Bonchev–Trinajstić information content (AvgIpc) is 2.53. The highest BCUT2D eigenvalue weighted by atomic mass is 79.9. The van der Waals surface area contributed by atoms with E-state index >= 15 is 0 Å². The maximum absolute atomic E-state index is 12.4. The first-order chi connectivity index (χ1) is 11.7. The molecule has 1 aliphatic rings. The molecule has 1 fully saturated rings. The third-order valence-electron chi connectivity index (χ3n) is 3.78. The van der Waals surface area contributed by atoms with Crippen LogP contribution in [0, 0.1) is 0 Å². The predicted molar refractivity (Wildman–Crippen MR) is 96.4 cm³/mol. The molecule has 0 aromatic carbocycles. The molecule has 2 rings (SSSR count). The molecule has 2 heterocycles. The molecule has 2 amide bonds. The lowest BCUT2D eigenvalue weighted by Crippen LogP contribution is -2.56. The summed E-state index contributed by atoms with van der Waals surface area (Å²) in [6.07, 6.45) is -0.0948. The fourth-order valence-electron chi connectivity index (χ4n) is 2.59. The molecule has 0 aliphatic carbocycles. The first-order valence-corrected chi connectivity index (χ1v) is 8.93. The van der Waals surface area contributed by atoms with Gasteiger partial charge in [0.25, 0.3) is 5.91 Å². The molecule has 0 saturated carbocycles. The molecule has 8 heteroatoms. The summed E-state index contributed by atoms with van der Waals surface area (Å²) >= 11 is 3.25. The van der Waals surface area contributed by atoms with Crippen molar-refractivity contribution in [1.82, 2.24) is 15.2 Å². The van der Waals surface area contributed by atoms with Crippen LogP contribution in [0.15, 0.2) is 22.8 Å². The molecule has 2 unspecified atom stereocenters. The van der Waals surface area contributed by atoms with Crippen molar-refractivity contribution < 1.29 is 19.1 Å². The van der Waals surface area contributed by atoms with Crippen LogP contribution < -0.4 is 5.32 Å². The summed E-state index contributed by atoms with van der Waals surface area (Å²) in [6.45, 7) is 6.35. The van der Waals surface area contributed by atoms with Crippen molar-refractivity contribution in [3.63, 3.8) is 0 Å². The smallest absolute Gasteiger partial charge is 0.410 e. The van der Waals surface area contributed by atoms with Crippen molar-refractivity contribution in [3.8, 4) is 0 Å². The Morgan fingerprint density at radius 2 is 2.08 bits per heavy atom. The number of methoxy groups -OCH3 is 1. The van der Waals surface area contributed by atoms with Gasteiger partial charge in [0, 0.05) is 13.7 Å². The minimum atomic E-state index is -0.545. The van der Waals surface area contributed by atoms with E-state index in [4.69, 9.17) is 9.47 Å². The molecule has 1 aromatic rings. The zero-order valence-electron chi connectivity index (χ0n) is 14.9. The molecule has 2 atom stereocenters. The van der Waals surface area contributed by atoms with Crippen LogP contribution in [-0.4, -0.2) is 59.8 Å². The lowest BCUT2D eigenvalue weighted by Gasteiger charge is -2.38. The summed E-state index contributed by atoms with van der Waals surface area (Å²) in [6, 6.07) is 4.97. The molecule has 0 bridgehead atoms. The van der Waals surface area contributed by atoms with Crippen molar-refractivity contribution in [3.05, 3.63) is 28.5 Å². The largest absolute Gasteiger partial charge is 0.444 e. The molecular formula is C17H24BrN3O4. The molecule has 1 saturated heterocycles. The lowest BCUT2D eigenvalue weighted by molar-refractivity contribution is -0.0172. The van der Waals surface area contributed by atoms with Gasteiger partial charge in [0.15, 0.2) is 0 Å². The van der Waals surface area contributed by atoms with Crippen LogP contribution in [0.25, 0.3) is 0 Å². The summed E-state index contributed by atoms with van der Waals surface area (Å²) in [4.78, 5) is 30.3. The molecule has 1 aliphatic heterocycles. The maximum atomic E-state index is 12.4. The topological polar surface area (TPSA) is 80.8 Å². The Balaban J connectivity index is 1.98. The second-order valence-corrected chi connectivity index (χ2v) is 7.73. The Hall–Kier alpha value is -1.67. The third-order valence-corrected chi connectivity index (χ3v) is 4.22. The van der Waals surface area contributed by atoms with Crippen LogP contribution in [-0.2, 0) is 9.47 Å². The number of nitrogens with one attached hydrogen (secondary N) is 1. The SMILES string of the molecule is COC1CN(C(=O)OC(C)(C)C)CCC1NC(=O)c1cccc(Br)n1. The van der Waals surface area contributed by atoms with E-state index in [1.54, 1.807) is 30.2 Å². The summed E-state index contributed by atoms with van der Waals surface area (Å²) in [5.74, 6) is -0.265. The standard InChI is InChI=1S/C17H24BrN3O4/c1-17(2,3)25-16(23)21-9-8-11(13(10-21)24-4)20-15(22)12-6-5-7-14(18)19-12/h5-7,11,13H,8-10H2,1-4H3,(H,20,22). The fraction of sp³-hybridized carbons (Fsp3) is 0.588. The van der Waals surface area contributed by atoms with Crippen LogP contribution in [0.4, 0.5) is 4.79 Å². The Kier molecular flexibility index (Phi) is 6.40. The van der Waals surface area contributed by atoms with Gasteiger partial charge in [0.2, 0.25) is 0 Å². The number of hydrogen-bond acceptors (Lipinski definition) is 5. The number of carbonyl (C=O) groups excluding carboxylic acids is 2. The van der Waals surface area contributed by atoms with Crippen molar-refractivity contribution >= 4 is 27.9 Å². The van der Waals surface area contributed by atoms with Crippen LogP contribution in [0.1, 0.15) is 37.7 Å². The predicted octanol–water partition coefficient (Wildman–Crippen LogP) is 2.60. The molecule has 25 heavy (non-hydrogen) atoms. The minimum Gasteiger partial charge on any atom is -0.444 e. The van der Waals surface area contributed by atoms with Gasteiger partial charge < -0.3 is 19.7 Å². The van der Waals surface area contributed by atoms with E-state index in [1.807, 2.05) is 20.8 Å². The monoisotopic (exact) mass is 413 g/mol. The molecule has 1 aromatic heterocycles. The van der Waals surface area contributed by atoms with E-state index in [2.05, 4.69) is 26.2 Å². The van der Waals surface area contributed by atoms with E-state index in [9.17, 15) is 9.59 Å². The molecule has 138 valence electrons. The van der Waals surface area contributed by atoms with Crippen molar-refractivity contribution in [2.24, 2.45) is 0 Å². The number of halogens is 1. The molecule has 0 spiro atoms. The number of carbonyl (C=O) groups is 2. The number of nitrogens with zero attached hydrogens (tertiary/aromatic N) is 2. The van der Waals surface area contributed by atoms with Crippen LogP contribution >= 0.6 is 15.9 Å². The zero-order chi connectivity index (χ0) is 18.6. The second-order valence-electron chi connectivity index (χ2n) is 6.91. The van der Waals surface area contributed by atoms with Crippen molar-refractivity contribution in [1.29, 1.82) is 0 Å². The molecular weight excluding hydrogens is 390 g/mol. The quantitative estimate of drug-likeness (QED) is 0.770. The fourth-order valence-corrected chi connectivity index (χ4v) is 2.93. The highest BCUT2D eigenvalue weighted by molar-refractivity contribution is 9.10. The second kappa shape index (κ2) is 8.14. The van der Waals surface area contributed by atoms with Gasteiger partial charge in [-0.2, -0.15) is 0 Å². The highest BCUT2D eigenvalue weighted by Crippen LogP contribution is 2.18. The number of amides is 2. The van der Waals surface area contributed by atoms with Gasteiger partial charge in [-0.05, 0) is 55.3 Å². The first-order valence-electron chi connectivity index (χ1n) is 8.14. The van der Waals surface area contributed by atoms with E-state index in [0.717, 1.165) is 0 Å². The van der Waals surface area contributed by atoms with Gasteiger partial charge >= 0.3 is 6.09 Å². The number of aromatic nitrogens is 1. The summed E-state index contributed by atoms with van der Waals surface area (Å²) < 4.78 is 11.5. The Bertz CT molecular complexity index is 633. The van der Waals surface area contributed by atoms with Gasteiger partial charge in [0.05, 0.1) is 18.7 Å². The molecule has 0 radical (unpaired) electrons. The normalized spacial score (nSPS) is 20.9. The summed E-state index contributed by atoms with van der Waals surface area (Å²) in [5.41, 5.74) is -0.212. The van der Waals surface area contributed by atoms with Crippen LogP contribution in [0.2, 0.25) is 0 Å². The van der Waals surface area contributed by atoms with Gasteiger partial charge in [-0.15, -0.1) is 0 Å². The number of likely N-dealkylation sites (tertiary alicyclic amines) is 1. The van der Waals surface area contributed by atoms with E-state index in [0.29, 0.717) is 29.8 Å². The average molecular weight is 414 g/mol. The van der Waals surface area contributed by atoms with Crippen molar-refractivity contribution in [2.45, 2.75) is 44.9 Å². The maximum Gasteiger partial charge on any atom is 0.410 e. The summed E-state index contributed by atoms with van der Waals surface area (Å²) in [5, 5.41) is 2.95. The van der Waals surface area contributed by atoms with Gasteiger partial charge in [-0.3, -0.25) is 4.79 Å². The Morgan fingerprint density at radius 1 is 1.36 bits per heavy atom. The number of rotatable bonds is 3. The lowest BCUT2D eigenvalue weighted by atomic mass is 10.0. The zero-order valence-corrected chi connectivity index (χ0v) is 16.5. The summed E-state index contributed by atoms with van der Waals surface area (Å²) in [7, 11) is 1.57. The first kappa shape index (κ1) is 19.7. The number of hydrogen-bond donors (Lipinski definition) is 1. The number of pyridine rings is 1. The number of piperidine rings is 1. The minimum absolute atomic E-state index is 0.197.